The van der Waals surface area contributed by atoms with E-state index in [1.54, 1.807) is 18.1 Å². The van der Waals surface area contributed by atoms with E-state index in [0.717, 1.165) is 12.1 Å². The Morgan fingerprint density at radius 2 is 2.07 bits per heavy atom. The fraction of sp³-hybridized carbons (Fsp3) is 0.667. The van der Waals surface area contributed by atoms with E-state index in [4.69, 9.17) is 4.74 Å². The van der Waals surface area contributed by atoms with Crippen LogP contribution in [0.1, 0.15) is 32.4 Å². The Bertz CT molecular complexity index is 688. The maximum absolute atomic E-state index is 12.9. The lowest BCUT2D eigenvalue weighted by molar-refractivity contribution is -0.203. The van der Waals surface area contributed by atoms with Crippen molar-refractivity contribution in [2.24, 2.45) is 5.92 Å². The monoisotopic (exact) mass is 388 g/mol. The number of amides is 2. The van der Waals surface area contributed by atoms with Crippen molar-refractivity contribution in [2.75, 3.05) is 40.3 Å². The van der Waals surface area contributed by atoms with Crippen LogP contribution in [0.4, 0.5) is 0 Å². The highest BCUT2D eigenvalue weighted by molar-refractivity contribution is 5.82. The van der Waals surface area contributed by atoms with E-state index in [1.807, 2.05) is 30.1 Å². The number of aromatic nitrogens is 1. The van der Waals surface area contributed by atoms with Gasteiger partial charge in [0.05, 0.1) is 31.9 Å². The number of likely N-dealkylation sites (tertiary alicyclic amines) is 1. The van der Waals surface area contributed by atoms with Gasteiger partial charge in [0.1, 0.15) is 11.6 Å². The largest absolute Gasteiger partial charge is 0.368 e. The molecule has 1 atom stereocenters. The van der Waals surface area contributed by atoms with Gasteiger partial charge in [-0.15, -0.1) is 0 Å². The van der Waals surface area contributed by atoms with Crippen molar-refractivity contribution in [1.29, 1.82) is 0 Å². The molecule has 0 aliphatic carbocycles. The molecular formula is C21H32N4O3. The van der Waals surface area contributed by atoms with E-state index in [2.05, 4.69) is 23.7 Å². The first-order valence-corrected chi connectivity index (χ1v) is 10.1. The van der Waals surface area contributed by atoms with E-state index in [-0.39, 0.29) is 23.5 Å². The molecule has 1 spiro atoms. The molecule has 1 aromatic heterocycles. The third-order valence-corrected chi connectivity index (χ3v) is 5.65. The Morgan fingerprint density at radius 3 is 2.68 bits per heavy atom. The molecule has 0 saturated carbocycles. The molecule has 0 unspecified atom stereocenters. The Hall–Kier alpha value is -1.99. The lowest BCUT2D eigenvalue weighted by Gasteiger charge is -2.55. The van der Waals surface area contributed by atoms with Gasteiger partial charge in [0, 0.05) is 26.2 Å². The normalized spacial score (nSPS) is 21.6. The second-order valence-corrected chi connectivity index (χ2v) is 8.62. The minimum atomic E-state index is -0.321. The quantitative estimate of drug-likeness (QED) is 0.737. The predicted octanol–water partition coefficient (Wildman–Crippen LogP) is 1.39. The van der Waals surface area contributed by atoms with Gasteiger partial charge in [0.2, 0.25) is 11.8 Å². The molecule has 2 aliphatic rings. The summed E-state index contributed by atoms with van der Waals surface area (Å²) in [5.74, 6) is 0.775. The smallest absolute Gasteiger partial charge is 0.242 e. The zero-order valence-electron chi connectivity index (χ0n) is 17.4. The van der Waals surface area contributed by atoms with Crippen LogP contribution in [0.5, 0.6) is 0 Å². The summed E-state index contributed by atoms with van der Waals surface area (Å²) < 4.78 is 6.11. The molecule has 2 saturated heterocycles. The Labute approximate surface area is 167 Å². The fourth-order valence-electron chi connectivity index (χ4n) is 3.91. The number of hydrogen-bond donors (Lipinski definition) is 0. The van der Waals surface area contributed by atoms with Crippen molar-refractivity contribution in [3.63, 3.8) is 0 Å². The van der Waals surface area contributed by atoms with Crippen LogP contribution in [-0.2, 0) is 20.9 Å². The van der Waals surface area contributed by atoms with Crippen molar-refractivity contribution in [3.05, 3.63) is 30.1 Å². The first-order valence-electron chi connectivity index (χ1n) is 10.1. The van der Waals surface area contributed by atoms with Crippen molar-refractivity contribution in [3.8, 4) is 0 Å². The molecule has 3 heterocycles. The lowest BCUT2D eigenvalue weighted by Crippen LogP contribution is -2.73. The molecule has 1 aromatic rings. The van der Waals surface area contributed by atoms with Crippen LogP contribution in [0.2, 0.25) is 0 Å². The van der Waals surface area contributed by atoms with E-state index < -0.39 is 0 Å². The Kier molecular flexibility index (Phi) is 6.35. The van der Waals surface area contributed by atoms with Crippen molar-refractivity contribution < 1.29 is 14.3 Å². The number of ether oxygens (including phenoxy) is 1. The van der Waals surface area contributed by atoms with Crippen LogP contribution in [0.25, 0.3) is 0 Å². The van der Waals surface area contributed by atoms with E-state index in [1.165, 1.54) is 0 Å². The first kappa shape index (κ1) is 20.7. The molecule has 2 aliphatic heterocycles. The first-order chi connectivity index (χ1) is 13.3. The maximum Gasteiger partial charge on any atom is 0.242 e. The van der Waals surface area contributed by atoms with Gasteiger partial charge in [-0.3, -0.25) is 19.5 Å². The van der Waals surface area contributed by atoms with Crippen LogP contribution in [0, 0.1) is 5.92 Å². The number of morpholine rings is 1. The van der Waals surface area contributed by atoms with E-state index in [0.29, 0.717) is 45.1 Å². The van der Waals surface area contributed by atoms with Gasteiger partial charge >= 0.3 is 0 Å². The molecule has 0 bridgehead atoms. The number of likely N-dealkylation sites (N-methyl/N-ethyl adjacent to an activating group) is 2. The average Bonchev–Trinajstić information content (AvgIpc) is 2.64. The number of rotatable bonds is 6. The number of carbonyl (C=O) groups excluding carboxylic acids is 2. The standard InChI is InChI=1S/C21H32N4O3/c1-16(2)8-9-19(26)25-14-21(15-25)13-24(4)18(12-28-21)20(27)23(3)11-17-7-5-6-10-22-17/h5-7,10,16,18H,8-9,11-15H2,1-4H3/t18-/m1/s1. The molecule has 2 amide bonds. The maximum atomic E-state index is 12.9. The molecule has 2 fully saturated rings. The van der Waals surface area contributed by atoms with Gasteiger partial charge in [-0.1, -0.05) is 19.9 Å². The molecule has 154 valence electrons. The molecule has 7 heteroatoms. The van der Waals surface area contributed by atoms with Gasteiger partial charge in [-0.25, -0.2) is 0 Å². The summed E-state index contributed by atoms with van der Waals surface area (Å²) >= 11 is 0. The highest BCUT2D eigenvalue weighted by Gasteiger charge is 2.51. The van der Waals surface area contributed by atoms with Crippen LogP contribution in [-0.4, -0.2) is 83.5 Å². The number of carbonyl (C=O) groups is 2. The second kappa shape index (κ2) is 8.57. The summed E-state index contributed by atoms with van der Waals surface area (Å²) in [5.41, 5.74) is 0.544. The molecular weight excluding hydrogens is 356 g/mol. The SMILES string of the molecule is CC(C)CCC(=O)N1CC2(C1)CN(C)[C@@H](C(=O)N(C)Cc1ccccn1)CO2. The van der Waals surface area contributed by atoms with Crippen LogP contribution < -0.4 is 0 Å². The zero-order valence-corrected chi connectivity index (χ0v) is 17.4. The van der Waals surface area contributed by atoms with E-state index in [9.17, 15) is 9.59 Å². The zero-order chi connectivity index (χ0) is 20.3. The number of pyridine rings is 1. The van der Waals surface area contributed by atoms with E-state index >= 15 is 0 Å². The van der Waals surface area contributed by atoms with Crippen molar-refractivity contribution >= 4 is 11.8 Å². The minimum absolute atomic E-state index is 0.0344. The van der Waals surface area contributed by atoms with Gasteiger partial charge in [-0.2, -0.15) is 0 Å². The Morgan fingerprint density at radius 1 is 1.32 bits per heavy atom. The molecule has 0 aromatic carbocycles. The molecule has 0 N–H and O–H groups in total. The fourth-order valence-corrected chi connectivity index (χ4v) is 3.91. The lowest BCUT2D eigenvalue weighted by atomic mass is 9.90. The van der Waals surface area contributed by atoms with Crippen molar-refractivity contribution in [2.45, 2.75) is 44.9 Å². The minimum Gasteiger partial charge on any atom is -0.368 e. The summed E-state index contributed by atoms with van der Waals surface area (Å²) in [4.78, 5) is 35.1. The highest BCUT2D eigenvalue weighted by atomic mass is 16.5. The summed E-state index contributed by atoms with van der Waals surface area (Å²) in [6.07, 6.45) is 3.25. The third kappa shape index (κ3) is 4.70. The summed E-state index contributed by atoms with van der Waals surface area (Å²) in [7, 11) is 3.76. The highest BCUT2D eigenvalue weighted by Crippen LogP contribution is 2.31. The topological polar surface area (TPSA) is 66.0 Å². The van der Waals surface area contributed by atoms with Gasteiger partial charge < -0.3 is 14.5 Å². The summed E-state index contributed by atoms with van der Waals surface area (Å²) in [5, 5.41) is 0. The van der Waals surface area contributed by atoms with Crippen LogP contribution >= 0.6 is 0 Å². The summed E-state index contributed by atoms with van der Waals surface area (Å²) in [6.45, 7) is 7.01. The molecule has 28 heavy (non-hydrogen) atoms. The third-order valence-electron chi connectivity index (χ3n) is 5.65. The predicted molar refractivity (Wildman–Crippen MR) is 106 cm³/mol. The average molecular weight is 389 g/mol. The molecule has 7 nitrogen and oxygen atoms in total. The van der Waals surface area contributed by atoms with Crippen LogP contribution in [0.15, 0.2) is 24.4 Å². The molecule has 3 rings (SSSR count). The van der Waals surface area contributed by atoms with Gasteiger partial charge in [0.25, 0.3) is 0 Å². The van der Waals surface area contributed by atoms with Crippen LogP contribution in [0.3, 0.4) is 0 Å². The van der Waals surface area contributed by atoms with Gasteiger partial charge in [0.15, 0.2) is 0 Å². The Balaban J connectivity index is 1.49. The van der Waals surface area contributed by atoms with Crippen molar-refractivity contribution in [1.82, 2.24) is 19.7 Å². The van der Waals surface area contributed by atoms with Gasteiger partial charge in [-0.05, 0) is 31.5 Å². The number of nitrogens with zero attached hydrogens (tertiary/aromatic N) is 4. The summed E-state index contributed by atoms with van der Waals surface area (Å²) in [6, 6.07) is 5.40. The second-order valence-electron chi connectivity index (χ2n) is 8.62. The number of hydrogen-bond acceptors (Lipinski definition) is 5. The molecule has 0 radical (unpaired) electrons.